The van der Waals surface area contributed by atoms with Crippen LogP contribution in [-0.2, 0) is 14.4 Å². The standard InChI is InChI=1S/C18H17F3N4O4/c1-3-9-25-15(27)13(14(26)24-17(25)29)10(4-2)22-11-7-5-6-8-12(11)23-16(28)18(19,20)21/h3-8,13,22H,1,9H2,2H3,(H,23,28)(H,24,26,29)/b10-4-/t13-/m0/s1. The van der Waals surface area contributed by atoms with Gasteiger partial charge in [0.1, 0.15) is 0 Å². The van der Waals surface area contributed by atoms with E-state index < -0.39 is 35.8 Å². The molecule has 0 unspecified atom stereocenters. The smallest absolute Gasteiger partial charge is 0.356 e. The Bertz CT molecular complexity index is 895. The first-order valence-electron chi connectivity index (χ1n) is 8.27. The van der Waals surface area contributed by atoms with Gasteiger partial charge in [-0.15, -0.1) is 6.58 Å². The zero-order valence-corrected chi connectivity index (χ0v) is 15.2. The van der Waals surface area contributed by atoms with Crippen LogP contribution in [0.15, 0.2) is 48.7 Å². The predicted molar refractivity (Wildman–Crippen MR) is 97.4 cm³/mol. The van der Waals surface area contributed by atoms with Crippen molar-refractivity contribution in [3.63, 3.8) is 0 Å². The number of rotatable bonds is 6. The third-order valence-corrected chi connectivity index (χ3v) is 3.90. The highest BCUT2D eigenvalue weighted by Gasteiger charge is 2.42. The minimum Gasteiger partial charge on any atom is -0.356 e. The third-order valence-electron chi connectivity index (χ3n) is 3.90. The number of para-hydroxylation sites is 2. The molecule has 3 N–H and O–H groups in total. The first kappa shape index (κ1) is 21.7. The lowest BCUT2D eigenvalue weighted by Crippen LogP contribution is -2.58. The van der Waals surface area contributed by atoms with Crippen LogP contribution in [0.5, 0.6) is 0 Å². The lowest BCUT2D eigenvalue weighted by Gasteiger charge is -2.31. The maximum absolute atomic E-state index is 12.6. The second kappa shape index (κ2) is 8.59. The van der Waals surface area contributed by atoms with Crippen LogP contribution in [0.2, 0.25) is 0 Å². The summed E-state index contributed by atoms with van der Waals surface area (Å²) in [5.41, 5.74) is -0.175. The third kappa shape index (κ3) is 4.81. The summed E-state index contributed by atoms with van der Waals surface area (Å²) >= 11 is 0. The van der Waals surface area contributed by atoms with Gasteiger partial charge in [-0.05, 0) is 19.1 Å². The Kier molecular flexibility index (Phi) is 6.42. The highest BCUT2D eigenvalue weighted by molar-refractivity contribution is 6.18. The minimum atomic E-state index is -5.10. The van der Waals surface area contributed by atoms with E-state index in [4.69, 9.17) is 0 Å². The van der Waals surface area contributed by atoms with Gasteiger partial charge in [0.2, 0.25) is 11.8 Å². The number of halogens is 3. The number of amides is 5. The Morgan fingerprint density at radius 2 is 1.79 bits per heavy atom. The molecule has 1 atom stereocenters. The quantitative estimate of drug-likeness (QED) is 0.493. The molecule has 1 heterocycles. The molecule has 1 fully saturated rings. The molecule has 1 aliphatic rings. The van der Waals surface area contributed by atoms with Crippen LogP contribution in [0.1, 0.15) is 6.92 Å². The molecule has 1 aromatic rings. The van der Waals surface area contributed by atoms with E-state index in [0.717, 1.165) is 4.90 Å². The van der Waals surface area contributed by atoms with Crippen LogP contribution in [0, 0.1) is 5.92 Å². The fraction of sp³-hybridized carbons (Fsp3) is 0.222. The summed E-state index contributed by atoms with van der Waals surface area (Å²) < 4.78 is 37.7. The molecule has 0 aromatic heterocycles. The average Bonchev–Trinajstić information content (AvgIpc) is 2.64. The number of barbiturate groups is 1. The number of hydrogen-bond donors (Lipinski definition) is 3. The largest absolute Gasteiger partial charge is 0.471 e. The van der Waals surface area contributed by atoms with Gasteiger partial charge in [0, 0.05) is 12.2 Å². The maximum Gasteiger partial charge on any atom is 0.471 e. The number of nitrogens with zero attached hydrogens (tertiary/aromatic N) is 1. The first-order chi connectivity index (χ1) is 13.6. The van der Waals surface area contributed by atoms with Crippen molar-refractivity contribution in [2.75, 3.05) is 17.2 Å². The van der Waals surface area contributed by atoms with Gasteiger partial charge in [-0.1, -0.05) is 24.3 Å². The van der Waals surface area contributed by atoms with Crippen LogP contribution in [-0.4, -0.2) is 41.4 Å². The molecular weight excluding hydrogens is 393 g/mol. The number of carbonyl (C=O) groups is 4. The predicted octanol–water partition coefficient (Wildman–Crippen LogP) is 2.38. The van der Waals surface area contributed by atoms with Crippen LogP contribution in [0.4, 0.5) is 29.3 Å². The number of hydrogen-bond acceptors (Lipinski definition) is 5. The lowest BCUT2D eigenvalue weighted by atomic mass is 9.99. The summed E-state index contributed by atoms with van der Waals surface area (Å²) in [6, 6.07) is 4.55. The molecule has 0 radical (unpaired) electrons. The SMILES string of the molecule is C=CCN1C(=O)NC(=O)[C@H](/C(=C/C)Nc2ccccc2NC(=O)C(F)(F)F)C1=O. The van der Waals surface area contributed by atoms with E-state index in [-0.39, 0.29) is 23.6 Å². The molecule has 29 heavy (non-hydrogen) atoms. The van der Waals surface area contributed by atoms with Crippen LogP contribution >= 0.6 is 0 Å². The molecule has 1 aliphatic heterocycles. The molecule has 8 nitrogen and oxygen atoms in total. The molecule has 11 heteroatoms. The summed E-state index contributed by atoms with van der Waals surface area (Å²) in [6.45, 7) is 4.80. The Hall–Kier alpha value is -3.63. The van der Waals surface area contributed by atoms with E-state index in [1.54, 1.807) is 5.32 Å². The zero-order chi connectivity index (χ0) is 21.8. The molecule has 0 saturated carbocycles. The number of anilines is 2. The number of alkyl halides is 3. The second-order valence-corrected chi connectivity index (χ2v) is 5.83. The molecule has 0 aliphatic carbocycles. The molecule has 0 bridgehead atoms. The first-order valence-corrected chi connectivity index (χ1v) is 8.27. The number of urea groups is 1. The van der Waals surface area contributed by atoms with Gasteiger partial charge in [-0.2, -0.15) is 13.2 Å². The zero-order valence-electron chi connectivity index (χ0n) is 15.2. The van der Waals surface area contributed by atoms with E-state index >= 15 is 0 Å². The number of imide groups is 2. The Morgan fingerprint density at radius 1 is 1.21 bits per heavy atom. The summed E-state index contributed by atoms with van der Waals surface area (Å²) in [7, 11) is 0. The Morgan fingerprint density at radius 3 is 2.31 bits per heavy atom. The van der Waals surface area contributed by atoms with E-state index in [1.165, 1.54) is 43.3 Å². The number of carbonyl (C=O) groups excluding carboxylic acids is 4. The van der Waals surface area contributed by atoms with E-state index in [9.17, 15) is 32.3 Å². The summed E-state index contributed by atoms with van der Waals surface area (Å²) in [5, 5.41) is 6.46. The Balaban J connectivity index is 2.32. The van der Waals surface area contributed by atoms with Crippen molar-refractivity contribution in [3.05, 3.63) is 48.7 Å². The van der Waals surface area contributed by atoms with Crippen LogP contribution in [0.25, 0.3) is 0 Å². The van der Waals surface area contributed by atoms with Crippen molar-refractivity contribution in [1.29, 1.82) is 0 Å². The monoisotopic (exact) mass is 410 g/mol. The van der Waals surface area contributed by atoms with Gasteiger partial charge >= 0.3 is 18.1 Å². The highest BCUT2D eigenvalue weighted by atomic mass is 19.4. The van der Waals surface area contributed by atoms with E-state index in [1.807, 2.05) is 5.32 Å². The lowest BCUT2D eigenvalue weighted by molar-refractivity contribution is -0.167. The van der Waals surface area contributed by atoms with E-state index in [0.29, 0.717) is 0 Å². The normalized spacial score (nSPS) is 17.7. The minimum absolute atomic E-state index is 0.0165. The Labute approximate surface area is 163 Å². The van der Waals surface area contributed by atoms with Gasteiger partial charge in [-0.3, -0.25) is 24.6 Å². The van der Waals surface area contributed by atoms with Crippen molar-refractivity contribution in [3.8, 4) is 0 Å². The summed E-state index contributed by atoms with van der Waals surface area (Å²) in [6.07, 6.45) is -2.43. The van der Waals surface area contributed by atoms with Crippen molar-refractivity contribution >= 4 is 35.1 Å². The molecule has 0 spiro atoms. The molecule has 154 valence electrons. The summed E-state index contributed by atoms with van der Waals surface area (Å²) in [4.78, 5) is 48.7. The van der Waals surface area contributed by atoms with Gasteiger partial charge in [-0.25, -0.2) is 4.79 Å². The van der Waals surface area contributed by atoms with Crippen molar-refractivity contribution in [2.24, 2.45) is 5.92 Å². The van der Waals surface area contributed by atoms with Crippen LogP contribution < -0.4 is 16.0 Å². The summed E-state index contributed by atoms with van der Waals surface area (Å²) in [5.74, 6) is -5.33. The maximum atomic E-state index is 12.6. The van der Waals surface area contributed by atoms with Crippen molar-refractivity contribution < 1.29 is 32.3 Å². The van der Waals surface area contributed by atoms with Crippen molar-refractivity contribution in [1.82, 2.24) is 10.2 Å². The molecular formula is C18H17F3N4O4. The fourth-order valence-corrected chi connectivity index (χ4v) is 2.55. The second-order valence-electron chi connectivity index (χ2n) is 5.83. The molecule has 2 rings (SSSR count). The average molecular weight is 410 g/mol. The van der Waals surface area contributed by atoms with Gasteiger partial charge in [0.25, 0.3) is 0 Å². The van der Waals surface area contributed by atoms with Crippen LogP contribution in [0.3, 0.4) is 0 Å². The molecule has 1 saturated heterocycles. The topological polar surface area (TPSA) is 108 Å². The fourth-order valence-electron chi connectivity index (χ4n) is 2.55. The van der Waals surface area contributed by atoms with Gasteiger partial charge < -0.3 is 10.6 Å². The number of nitrogens with one attached hydrogen (secondary N) is 3. The van der Waals surface area contributed by atoms with Gasteiger partial charge in [0.15, 0.2) is 5.92 Å². The molecule has 5 amide bonds. The van der Waals surface area contributed by atoms with Gasteiger partial charge in [0.05, 0.1) is 11.4 Å². The van der Waals surface area contributed by atoms with E-state index in [2.05, 4.69) is 11.9 Å². The van der Waals surface area contributed by atoms with Crippen molar-refractivity contribution in [2.45, 2.75) is 13.1 Å². The molecule has 1 aromatic carbocycles. The number of benzene rings is 1. The highest BCUT2D eigenvalue weighted by Crippen LogP contribution is 2.28. The number of allylic oxidation sites excluding steroid dienone is 1.